The number of hydrogen-bond donors (Lipinski definition) is 5. The Morgan fingerprint density at radius 2 is 1.59 bits per heavy atom. The van der Waals surface area contributed by atoms with Gasteiger partial charge in [-0.2, -0.15) is 0 Å². The van der Waals surface area contributed by atoms with E-state index < -0.39 is 5.97 Å². The molecule has 1 fully saturated rings. The molecule has 0 atom stereocenters. The van der Waals surface area contributed by atoms with Crippen molar-refractivity contribution >= 4 is 38.1 Å². The summed E-state index contributed by atoms with van der Waals surface area (Å²) in [5.41, 5.74) is 2.37. The Hall–Kier alpha value is -2.79. The number of rotatable bonds is 5. The van der Waals surface area contributed by atoms with Crippen LogP contribution in [0.4, 0.5) is 4.79 Å². The number of hydrazine groups is 1. The molecule has 1 rings (SSSR count). The van der Waals surface area contributed by atoms with Crippen LogP contribution in [0.5, 0.6) is 0 Å². The number of nitrogens with zero attached hydrogens (tertiary/aromatic N) is 1. The lowest BCUT2D eigenvalue weighted by Gasteiger charge is -2.12. The van der Waals surface area contributed by atoms with Crippen LogP contribution in [0.15, 0.2) is 0 Å². The number of carbonyl (C=O) groups excluding carboxylic acids is 4. The summed E-state index contributed by atoms with van der Waals surface area (Å²) in [6, 6.07) is -0.241. The predicted molar refractivity (Wildman–Crippen MR) is 111 cm³/mol. The van der Waals surface area contributed by atoms with Gasteiger partial charge in [0.15, 0.2) is 0 Å². The molecule has 1 saturated heterocycles. The van der Waals surface area contributed by atoms with E-state index in [-0.39, 0.29) is 58.0 Å². The molecule has 0 unspecified atom stereocenters. The van der Waals surface area contributed by atoms with Gasteiger partial charge in [-0.25, -0.2) is 9.80 Å². The summed E-state index contributed by atoms with van der Waals surface area (Å²) in [5, 5.41) is 16.7. The van der Waals surface area contributed by atoms with Crippen LogP contribution in [-0.4, -0.2) is 74.9 Å². The van der Waals surface area contributed by atoms with Crippen LogP contribution < -0.4 is 21.4 Å². The second-order valence-electron chi connectivity index (χ2n) is 6.09. The highest BCUT2D eigenvalue weighted by Crippen LogP contribution is 1.90. The summed E-state index contributed by atoms with van der Waals surface area (Å²) in [4.78, 5) is 52.1. The van der Waals surface area contributed by atoms with Crippen LogP contribution >= 0.6 is 0 Å². The first kappa shape index (κ1) is 33.8. The van der Waals surface area contributed by atoms with Crippen molar-refractivity contribution in [2.75, 3.05) is 26.7 Å². The van der Waals surface area contributed by atoms with Crippen LogP contribution in [0.2, 0.25) is 0 Å². The van der Waals surface area contributed by atoms with Gasteiger partial charge in [-0.05, 0) is 0 Å². The van der Waals surface area contributed by atoms with Crippen LogP contribution in [0.25, 0.3) is 0 Å². The SMILES string of the molecule is C.CC(=O)NN1CCNC1=O.CC(C)C(=O)NCC(=O)O.CNC(=O)C(C)C.[B]. The van der Waals surface area contributed by atoms with Crippen molar-refractivity contribution in [3.63, 3.8) is 0 Å². The molecule has 0 saturated carbocycles. The Balaban J connectivity index is -0.000000159. The van der Waals surface area contributed by atoms with Gasteiger partial charge in [-0.1, -0.05) is 35.1 Å². The van der Waals surface area contributed by atoms with Crippen molar-refractivity contribution in [2.24, 2.45) is 11.8 Å². The molecule has 1 aliphatic heterocycles. The van der Waals surface area contributed by atoms with Crippen LogP contribution in [-0.2, 0) is 19.2 Å². The molecule has 5 N–H and O–H groups in total. The Morgan fingerprint density at radius 1 is 1.10 bits per heavy atom. The zero-order valence-electron chi connectivity index (χ0n) is 17.3. The second kappa shape index (κ2) is 18.6. The van der Waals surface area contributed by atoms with Gasteiger partial charge in [0.25, 0.3) is 0 Å². The van der Waals surface area contributed by atoms with E-state index in [2.05, 4.69) is 21.4 Å². The maximum Gasteiger partial charge on any atom is 0.336 e. The molecule has 167 valence electrons. The summed E-state index contributed by atoms with van der Waals surface area (Å²) in [6.45, 7) is 9.34. The number of carboxylic acids is 1. The van der Waals surface area contributed by atoms with Gasteiger partial charge in [0.2, 0.25) is 17.7 Å². The highest BCUT2D eigenvalue weighted by atomic mass is 16.4. The van der Waals surface area contributed by atoms with E-state index in [0.29, 0.717) is 13.1 Å². The van der Waals surface area contributed by atoms with Gasteiger partial charge < -0.3 is 21.1 Å². The lowest BCUT2D eigenvalue weighted by Crippen LogP contribution is -2.42. The van der Waals surface area contributed by atoms with Crippen molar-refractivity contribution in [1.82, 2.24) is 26.4 Å². The van der Waals surface area contributed by atoms with E-state index in [4.69, 9.17) is 5.11 Å². The lowest BCUT2D eigenvalue weighted by molar-refractivity contribution is -0.138. The maximum atomic E-state index is 10.7. The topological polar surface area (TPSA) is 157 Å². The van der Waals surface area contributed by atoms with Crippen molar-refractivity contribution < 1.29 is 29.1 Å². The van der Waals surface area contributed by atoms with Gasteiger partial charge in [-0.3, -0.25) is 24.6 Å². The van der Waals surface area contributed by atoms with Gasteiger partial charge in [0, 0.05) is 40.8 Å². The van der Waals surface area contributed by atoms with E-state index in [0.717, 1.165) is 0 Å². The Morgan fingerprint density at radius 3 is 1.83 bits per heavy atom. The normalized spacial score (nSPS) is 11.3. The van der Waals surface area contributed by atoms with E-state index in [1.165, 1.54) is 11.9 Å². The number of urea groups is 1. The smallest absolute Gasteiger partial charge is 0.336 e. The highest BCUT2D eigenvalue weighted by molar-refractivity contribution is 5.82. The first-order chi connectivity index (χ1) is 12.4. The minimum atomic E-state index is -1.02. The highest BCUT2D eigenvalue weighted by Gasteiger charge is 2.19. The van der Waals surface area contributed by atoms with Crippen LogP contribution in [0.3, 0.4) is 0 Å². The molecule has 11 nitrogen and oxygen atoms in total. The van der Waals surface area contributed by atoms with E-state index in [1.807, 2.05) is 13.8 Å². The lowest BCUT2D eigenvalue weighted by atomic mass is 10.2. The van der Waals surface area contributed by atoms with Crippen LogP contribution in [0, 0.1) is 11.8 Å². The number of carboxylic acid groups (broad SMARTS) is 1. The van der Waals surface area contributed by atoms with E-state index >= 15 is 0 Å². The molecule has 29 heavy (non-hydrogen) atoms. The van der Waals surface area contributed by atoms with Gasteiger partial charge >= 0.3 is 12.0 Å². The van der Waals surface area contributed by atoms with Crippen molar-refractivity contribution in [1.29, 1.82) is 0 Å². The Kier molecular flexibility index (Phi) is 21.6. The summed E-state index contributed by atoms with van der Waals surface area (Å²) in [6.07, 6.45) is 0. The molecule has 0 aromatic rings. The third-order valence-corrected chi connectivity index (χ3v) is 2.86. The molecule has 1 aliphatic rings. The Labute approximate surface area is 174 Å². The number of hydrogen-bond acceptors (Lipinski definition) is 5. The molecule has 0 aromatic carbocycles. The third kappa shape index (κ3) is 19.8. The molecular formula is C17H35BN5O6. The first-order valence-electron chi connectivity index (χ1n) is 8.46. The standard InChI is InChI=1S/C6H11NO3.C5H9N3O2.C5H11NO.CH4.B/c1-4(2)6(10)7-3-5(8)9;1-4(9)7-8-3-2-6-5(8)10;1-4(2)5(7)6-3;;/h4H,3H2,1-2H3,(H,7,10)(H,8,9);2-3H2,1H3,(H,6,10)(H,7,9);4H,1-3H3,(H,6,7);1H4;. The summed E-state index contributed by atoms with van der Waals surface area (Å²) in [5.74, 6) is -1.42. The number of amides is 5. The molecule has 0 aliphatic carbocycles. The quantitative estimate of drug-likeness (QED) is 0.382. The first-order valence-corrected chi connectivity index (χ1v) is 8.46. The van der Waals surface area contributed by atoms with E-state index in [1.54, 1.807) is 20.9 Å². The monoisotopic (exact) mass is 416 g/mol. The molecule has 1 heterocycles. The summed E-state index contributed by atoms with van der Waals surface area (Å²) >= 11 is 0. The van der Waals surface area contributed by atoms with Crippen molar-refractivity contribution in [2.45, 2.75) is 42.0 Å². The number of nitrogens with one attached hydrogen (secondary N) is 4. The summed E-state index contributed by atoms with van der Waals surface area (Å²) in [7, 11) is 1.64. The summed E-state index contributed by atoms with van der Waals surface area (Å²) < 4.78 is 0. The Bertz CT molecular complexity index is 526. The molecule has 0 aromatic heterocycles. The molecule has 3 radical (unpaired) electrons. The minimum absolute atomic E-state index is 0. The number of carbonyl (C=O) groups is 5. The zero-order chi connectivity index (χ0) is 21.6. The average molecular weight is 416 g/mol. The van der Waals surface area contributed by atoms with Gasteiger partial charge in [0.05, 0.1) is 6.54 Å². The fourth-order valence-corrected chi connectivity index (χ4v) is 1.42. The minimum Gasteiger partial charge on any atom is -0.480 e. The largest absolute Gasteiger partial charge is 0.480 e. The predicted octanol–water partition coefficient (Wildman–Crippen LogP) is -0.450. The van der Waals surface area contributed by atoms with E-state index in [9.17, 15) is 24.0 Å². The molecule has 5 amide bonds. The molecule has 0 spiro atoms. The second-order valence-corrected chi connectivity index (χ2v) is 6.09. The van der Waals surface area contributed by atoms with Crippen molar-refractivity contribution in [3.05, 3.63) is 0 Å². The fraction of sp³-hybridized carbons (Fsp3) is 0.706. The molecule has 12 heteroatoms. The van der Waals surface area contributed by atoms with Gasteiger partial charge in [0.1, 0.15) is 6.54 Å². The van der Waals surface area contributed by atoms with Crippen LogP contribution in [0.1, 0.15) is 42.0 Å². The fourth-order valence-electron chi connectivity index (χ4n) is 1.42. The third-order valence-electron chi connectivity index (χ3n) is 2.86. The molecule has 0 bridgehead atoms. The van der Waals surface area contributed by atoms with Gasteiger partial charge in [-0.15, -0.1) is 0 Å². The average Bonchev–Trinajstić information content (AvgIpc) is 2.96. The van der Waals surface area contributed by atoms with Crippen molar-refractivity contribution in [3.8, 4) is 0 Å². The molecular weight excluding hydrogens is 381 g/mol. The maximum absolute atomic E-state index is 10.7. The zero-order valence-corrected chi connectivity index (χ0v) is 17.3. The number of aliphatic carboxylic acids is 1.